The summed E-state index contributed by atoms with van der Waals surface area (Å²) in [5.41, 5.74) is 2.31. The number of fused-ring (bicyclic) bond motifs is 1. The van der Waals surface area contributed by atoms with Crippen molar-refractivity contribution in [1.82, 2.24) is 14.6 Å². The minimum Gasteiger partial charge on any atom is -0.238 e. The molecule has 18 heavy (non-hydrogen) atoms. The minimum atomic E-state index is 0.616. The number of hydrogen-bond acceptors (Lipinski definition) is 2. The molecular formula is C13H7BrN4. The van der Waals surface area contributed by atoms with Gasteiger partial charge in [0.25, 0.3) is 0 Å². The standard InChI is InChI=1S/C13H7BrN4/c1-15-11-4-2-9(3-5-11)13-16-12-8-10(14)6-7-18(12)17-13/h2-8H. The molecule has 2 heterocycles. The van der Waals surface area contributed by atoms with Crippen LogP contribution in [0, 0.1) is 6.57 Å². The molecule has 0 spiro atoms. The van der Waals surface area contributed by atoms with E-state index < -0.39 is 0 Å². The largest absolute Gasteiger partial charge is 0.238 e. The van der Waals surface area contributed by atoms with Crippen LogP contribution in [0.15, 0.2) is 47.1 Å². The zero-order chi connectivity index (χ0) is 12.5. The number of pyridine rings is 1. The molecule has 3 aromatic rings. The van der Waals surface area contributed by atoms with Crippen LogP contribution in [0.5, 0.6) is 0 Å². The molecule has 4 nitrogen and oxygen atoms in total. The first kappa shape index (κ1) is 10.9. The fourth-order valence-corrected chi connectivity index (χ4v) is 1.99. The van der Waals surface area contributed by atoms with Gasteiger partial charge in [-0.05, 0) is 12.1 Å². The lowest BCUT2D eigenvalue weighted by Gasteiger charge is -1.93. The minimum absolute atomic E-state index is 0.616. The summed E-state index contributed by atoms with van der Waals surface area (Å²) < 4.78 is 2.69. The van der Waals surface area contributed by atoms with Gasteiger partial charge in [-0.15, -0.1) is 5.10 Å². The van der Waals surface area contributed by atoms with Crippen LogP contribution in [-0.2, 0) is 0 Å². The Kier molecular flexibility index (Phi) is 2.58. The lowest BCUT2D eigenvalue weighted by atomic mass is 10.2. The second-order valence-electron chi connectivity index (χ2n) is 3.74. The van der Waals surface area contributed by atoms with E-state index in [0.29, 0.717) is 11.5 Å². The quantitative estimate of drug-likeness (QED) is 0.642. The van der Waals surface area contributed by atoms with Gasteiger partial charge in [0, 0.05) is 16.2 Å². The van der Waals surface area contributed by atoms with Crippen molar-refractivity contribution in [3.63, 3.8) is 0 Å². The second kappa shape index (κ2) is 4.24. The van der Waals surface area contributed by atoms with Crippen molar-refractivity contribution in [1.29, 1.82) is 0 Å². The van der Waals surface area contributed by atoms with Crippen molar-refractivity contribution in [3.05, 3.63) is 58.5 Å². The molecule has 0 amide bonds. The third kappa shape index (κ3) is 1.87. The molecular weight excluding hydrogens is 292 g/mol. The Labute approximate surface area is 112 Å². The highest BCUT2D eigenvalue weighted by atomic mass is 79.9. The Hall–Kier alpha value is -2.19. The Morgan fingerprint density at radius 1 is 1.17 bits per heavy atom. The van der Waals surface area contributed by atoms with E-state index in [0.717, 1.165) is 15.7 Å². The smallest absolute Gasteiger partial charge is 0.187 e. The Morgan fingerprint density at radius 2 is 1.94 bits per heavy atom. The molecule has 0 aliphatic rings. The summed E-state index contributed by atoms with van der Waals surface area (Å²) in [6.45, 7) is 6.91. The van der Waals surface area contributed by atoms with Crippen molar-refractivity contribution < 1.29 is 0 Å². The predicted octanol–water partition coefficient (Wildman–Crippen LogP) is 3.71. The molecule has 2 aromatic heterocycles. The van der Waals surface area contributed by atoms with Crippen LogP contribution in [0.4, 0.5) is 5.69 Å². The summed E-state index contributed by atoms with van der Waals surface area (Å²) in [4.78, 5) is 7.80. The van der Waals surface area contributed by atoms with E-state index in [2.05, 4.69) is 30.9 Å². The number of rotatable bonds is 1. The monoisotopic (exact) mass is 298 g/mol. The Morgan fingerprint density at radius 3 is 2.67 bits per heavy atom. The molecule has 0 bridgehead atoms. The topological polar surface area (TPSA) is 34.5 Å². The number of benzene rings is 1. The van der Waals surface area contributed by atoms with Crippen LogP contribution in [-0.4, -0.2) is 14.6 Å². The van der Waals surface area contributed by atoms with E-state index in [1.54, 1.807) is 16.6 Å². The summed E-state index contributed by atoms with van der Waals surface area (Å²) in [5, 5.41) is 4.39. The van der Waals surface area contributed by atoms with Gasteiger partial charge < -0.3 is 0 Å². The molecule has 0 atom stereocenters. The van der Waals surface area contributed by atoms with Crippen molar-refractivity contribution in [2.75, 3.05) is 0 Å². The first-order chi connectivity index (χ1) is 8.76. The maximum Gasteiger partial charge on any atom is 0.187 e. The lowest BCUT2D eigenvalue weighted by Crippen LogP contribution is -1.85. The van der Waals surface area contributed by atoms with Crippen LogP contribution < -0.4 is 0 Å². The van der Waals surface area contributed by atoms with Gasteiger partial charge in [0.15, 0.2) is 17.2 Å². The van der Waals surface area contributed by atoms with E-state index in [-0.39, 0.29) is 0 Å². The fourth-order valence-electron chi connectivity index (χ4n) is 1.66. The second-order valence-corrected chi connectivity index (χ2v) is 4.66. The zero-order valence-electron chi connectivity index (χ0n) is 9.21. The average molecular weight is 299 g/mol. The van der Waals surface area contributed by atoms with Crippen molar-refractivity contribution in [2.24, 2.45) is 0 Å². The van der Waals surface area contributed by atoms with Gasteiger partial charge in [-0.25, -0.2) is 14.3 Å². The highest BCUT2D eigenvalue weighted by Gasteiger charge is 2.06. The van der Waals surface area contributed by atoms with Crippen LogP contribution in [0.2, 0.25) is 0 Å². The van der Waals surface area contributed by atoms with Crippen LogP contribution in [0.25, 0.3) is 21.9 Å². The molecule has 1 aromatic carbocycles. The average Bonchev–Trinajstić information content (AvgIpc) is 2.81. The third-order valence-corrected chi connectivity index (χ3v) is 3.05. The van der Waals surface area contributed by atoms with Gasteiger partial charge in [-0.1, -0.05) is 40.2 Å². The van der Waals surface area contributed by atoms with Gasteiger partial charge in [-0.2, -0.15) is 0 Å². The van der Waals surface area contributed by atoms with E-state index in [1.165, 1.54) is 0 Å². The molecule has 0 unspecified atom stereocenters. The van der Waals surface area contributed by atoms with Crippen LogP contribution in [0.1, 0.15) is 0 Å². The van der Waals surface area contributed by atoms with Crippen molar-refractivity contribution in [3.8, 4) is 11.4 Å². The molecule has 0 saturated heterocycles. The number of hydrogen-bond donors (Lipinski definition) is 0. The Balaban J connectivity index is 2.10. The molecule has 0 saturated carbocycles. The first-order valence-electron chi connectivity index (χ1n) is 5.26. The van der Waals surface area contributed by atoms with Gasteiger partial charge in [-0.3, -0.25) is 0 Å². The summed E-state index contributed by atoms with van der Waals surface area (Å²) in [6.07, 6.45) is 1.85. The molecule has 0 radical (unpaired) electrons. The molecule has 86 valence electrons. The number of halogens is 1. The van der Waals surface area contributed by atoms with Crippen molar-refractivity contribution in [2.45, 2.75) is 0 Å². The zero-order valence-corrected chi connectivity index (χ0v) is 10.8. The third-order valence-electron chi connectivity index (χ3n) is 2.55. The summed E-state index contributed by atoms with van der Waals surface area (Å²) >= 11 is 3.40. The van der Waals surface area contributed by atoms with Crippen molar-refractivity contribution >= 4 is 27.3 Å². The molecule has 0 N–H and O–H groups in total. The highest BCUT2D eigenvalue weighted by molar-refractivity contribution is 9.10. The van der Waals surface area contributed by atoms with Gasteiger partial charge in [0.1, 0.15) is 0 Å². The summed E-state index contributed by atoms with van der Waals surface area (Å²) in [7, 11) is 0. The first-order valence-corrected chi connectivity index (χ1v) is 6.05. The fraction of sp³-hybridized carbons (Fsp3) is 0. The molecule has 0 aliphatic carbocycles. The maximum absolute atomic E-state index is 6.91. The molecule has 0 aliphatic heterocycles. The van der Waals surface area contributed by atoms with Gasteiger partial charge >= 0.3 is 0 Å². The molecule has 3 rings (SSSR count). The number of aromatic nitrogens is 3. The van der Waals surface area contributed by atoms with E-state index >= 15 is 0 Å². The molecule has 0 fully saturated rings. The highest BCUT2D eigenvalue weighted by Crippen LogP contribution is 2.21. The van der Waals surface area contributed by atoms with E-state index in [4.69, 9.17) is 6.57 Å². The summed E-state index contributed by atoms with van der Waals surface area (Å²) in [6, 6.07) is 11.1. The molecule has 5 heteroatoms. The van der Waals surface area contributed by atoms with E-state index in [9.17, 15) is 0 Å². The van der Waals surface area contributed by atoms with Gasteiger partial charge in [0.2, 0.25) is 0 Å². The number of nitrogens with zero attached hydrogens (tertiary/aromatic N) is 4. The SMILES string of the molecule is [C-]#[N+]c1ccc(-c2nc3cc(Br)ccn3n2)cc1. The summed E-state index contributed by atoms with van der Waals surface area (Å²) in [5.74, 6) is 0.657. The van der Waals surface area contributed by atoms with Crippen LogP contribution in [0.3, 0.4) is 0 Å². The normalized spacial score (nSPS) is 10.4. The Bertz CT molecular complexity index is 753. The van der Waals surface area contributed by atoms with Gasteiger partial charge in [0.05, 0.1) is 6.57 Å². The maximum atomic E-state index is 6.91. The predicted molar refractivity (Wildman–Crippen MR) is 72.4 cm³/mol. The van der Waals surface area contributed by atoms with E-state index in [1.807, 2.05) is 30.5 Å². The lowest BCUT2D eigenvalue weighted by molar-refractivity contribution is 0.964. The van der Waals surface area contributed by atoms with Crippen LogP contribution >= 0.6 is 15.9 Å².